The Morgan fingerprint density at radius 3 is 2.22 bits per heavy atom. The molecule has 0 rings (SSSR count). The normalized spacial score (nSPS) is 12.2. The average molecular weight is 151 g/mol. The number of nitrogens with one attached hydrogen (secondary N) is 1. The zero-order valence-corrected chi connectivity index (χ0v) is 5.61. The fourth-order valence-corrected chi connectivity index (χ4v) is 0.275. The van der Waals surface area contributed by atoms with E-state index in [9.17, 15) is 9.59 Å². The number of urea groups is 1. The Labute approximate surface area is 57.4 Å². The van der Waals surface area contributed by atoms with Crippen LogP contribution in [-0.2, 0) is 4.79 Å². The third-order valence-corrected chi connectivity index (χ3v) is 0.806. The predicted molar refractivity (Wildman–Crippen MR) is 33.0 cm³/mol. The Morgan fingerprint density at radius 2 is 2.11 bits per heavy atom. The van der Waals surface area contributed by atoms with E-state index in [0.717, 1.165) is 0 Å². The second-order valence-corrected chi connectivity index (χ2v) is 2.12. The highest BCUT2D eigenvalue weighted by Crippen LogP contribution is 1.90. The average Bonchev–Trinajstić information content (AvgIpc) is 1.63. The van der Waals surface area contributed by atoms with Crippen LogP contribution in [0.3, 0.4) is 0 Å². The molecule has 3 N–H and O–H groups in total. The lowest BCUT2D eigenvalue weighted by Gasteiger charge is -1.99. The molecule has 0 aromatic heterocycles. The monoisotopic (exact) mass is 150 g/mol. The Bertz CT molecular complexity index is 135. The summed E-state index contributed by atoms with van der Waals surface area (Å²) in [5, 5.41) is 1.09. The molecule has 5 heteroatoms. The number of hydrogen-bond donors (Lipinski definition) is 2. The highest BCUT2D eigenvalue weighted by atomic mass is 35.5. The first-order chi connectivity index (χ1) is 4.04. The molecule has 0 heterocycles. The van der Waals surface area contributed by atoms with Gasteiger partial charge in [0.15, 0.2) is 0 Å². The molecular weight excluding hydrogens is 144 g/mol. The first-order valence-electron chi connectivity index (χ1n) is 2.28. The number of carbonyl (C=O) groups is 2. The van der Waals surface area contributed by atoms with Crippen molar-refractivity contribution in [3.05, 3.63) is 0 Å². The van der Waals surface area contributed by atoms with Crippen molar-refractivity contribution in [3.63, 3.8) is 0 Å². The minimum absolute atomic E-state index is 0.579. The Balaban J connectivity index is 3.64. The van der Waals surface area contributed by atoms with E-state index in [0.29, 0.717) is 0 Å². The minimum atomic E-state index is -0.882. The van der Waals surface area contributed by atoms with Gasteiger partial charge in [-0.1, -0.05) is 0 Å². The summed E-state index contributed by atoms with van der Waals surface area (Å²) in [5.41, 5.74) is 4.60. The molecule has 0 saturated heterocycles. The Morgan fingerprint density at radius 1 is 1.67 bits per heavy atom. The zero-order valence-electron chi connectivity index (χ0n) is 4.85. The molecule has 0 unspecified atom stereocenters. The number of hydrogen-bond acceptors (Lipinski definition) is 2. The molecule has 0 aromatic rings. The van der Waals surface area contributed by atoms with Crippen LogP contribution in [0.5, 0.6) is 0 Å². The van der Waals surface area contributed by atoms with Crippen LogP contribution in [0.2, 0.25) is 0 Å². The number of nitrogens with two attached hydrogens (primary N) is 1. The third-order valence-electron chi connectivity index (χ3n) is 0.608. The van der Waals surface area contributed by atoms with Gasteiger partial charge in [0, 0.05) is 0 Å². The van der Waals surface area contributed by atoms with Crippen LogP contribution in [0.1, 0.15) is 6.92 Å². The van der Waals surface area contributed by atoms with Crippen molar-refractivity contribution < 1.29 is 9.59 Å². The summed E-state index contributed by atoms with van der Waals surface area (Å²) in [7, 11) is 0. The lowest BCUT2D eigenvalue weighted by Crippen LogP contribution is -2.38. The standard InChI is InChI=1S/C4H7ClN2O2/c1-2(5)3(8)7-4(6)9/h2H,1H3,(H3,6,7,8,9)/t2-/m0/s1. The molecule has 0 spiro atoms. The second kappa shape index (κ2) is 3.29. The van der Waals surface area contributed by atoms with E-state index in [1.54, 1.807) is 0 Å². The van der Waals surface area contributed by atoms with Gasteiger partial charge in [0.25, 0.3) is 0 Å². The van der Waals surface area contributed by atoms with Crippen LogP contribution in [0, 0.1) is 0 Å². The van der Waals surface area contributed by atoms with E-state index in [1.807, 2.05) is 5.32 Å². The molecular formula is C4H7ClN2O2. The molecule has 0 aliphatic rings. The van der Waals surface area contributed by atoms with Crippen molar-refractivity contribution in [2.75, 3.05) is 0 Å². The van der Waals surface area contributed by atoms with Gasteiger partial charge in [-0.05, 0) is 6.92 Å². The van der Waals surface area contributed by atoms with Gasteiger partial charge >= 0.3 is 6.03 Å². The molecule has 0 saturated carbocycles. The molecule has 0 radical (unpaired) electrons. The summed E-state index contributed by atoms with van der Waals surface area (Å²) < 4.78 is 0. The predicted octanol–water partition coefficient (Wildman–Crippen LogP) is -0.191. The summed E-state index contributed by atoms with van der Waals surface area (Å²) in [5.74, 6) is -0.579. The van der Waals surface area contributed by atoms with Crippen LogP contribution in [0.4, 0.5) is 4.79 Å². The van der Waals surface area contributed by atoms with Crippen LogP contribution in [0.15, 0.2) is 0 Å². The van der Waals surface area contributed by atoms with Gasteiger partial charge in [-0.3, -0.25) is 10.1 Å². The molecule has 0 aromatic carbocycles. The first kappa shape index (κ1) is 8.23. The van der Waals surface area contributed by atoms with Gasteiger partial charge in [0.05, 0.1) is 0 Å². The van der Waals surface area contributed by atoms with Crippen molar-refractivity contribution >= 4 is 23.5 Å². The highest BCUT2D eigenvalue weighted by molar-refractivity contribution is 6.31. The van der Waals surface area contributed by atoms with Crippen LogP contribution >= 0.6 is 11.6 Å². The summed E-state index contributed by atoms with van der Waals surface area (Å²) in [6.45, 7) is 1.44. The van der Waals surface area contributed by atoms with E-state index in [-0.39, 0.29) is 0 Å². The van der Waals surface area contributed by atoms with Gasteiger partial charge < -0.3 is 5.73 Å². The van der Waals surface area contributed by atoms with Crippen molar-refractivity contribution in [2.24, 2.45) is 5.73 Å². The fourth-order valence-electron chi connectivity index (χ4n) is 0.221. The quantitative estimate of drug-likeness (QED) is 0.509. The number of halogens is 1. The maximum Gasteiger partial charge on any atom is 0.318 e. The van der Waals surface area contributed by atoms with E-state index in [4.69, 9.17) is 11.6 Å². The molecule has 9 heavy (non-hydrogen) atoms. The number of alkyl halides is 1. The van der Waals surface area contributed by atoms with Crippen LogP contribution < -0.4 is 11.1 Å². The number of amides is 3. The van der Waals surface area contributed by atoms with E-state index in [1.165, 1.54) is 6.92 Å². The van der Waals surface area contributed by atoms with Crippen LogP contribution in [0.25, 0.3) is 0 Å². The fraction of sp³-hybridized carbons (Fsp3) is 0.500. The van der Waals surface area contributed by atoms with Gasteiger partial charge in [-0.25, -0.2) is 4.79 Å². The lowest BCUT2D eigenvalue weighted by molar-refractivity contribution is -0.119. The highest BCUT2D eigenvalue weighted by Gasteiger charge is 2.09. The number of rotatable bonds is 1. The molecule has 4 nitrogen and oxygen atoms in total. The summed E-state index contributed by atoms with van der Waals surface area (Å²) >= 11 is 5.25. The third kappa shape index (κ3) is 3.78. The number of imide groups is 1. The molecule has 0 bridgehead atoms. The largest absolute Gasteiger partial charge is 0.351 e. The topological polar surface area (TPSA) is 72.2 Å². The summed E-state index contributed by atoms with van der Waals surface area (Å²) in [4.78, 5) is 20.4. The maximum absolute atomic E-state index is 10.4. The second-order valence-electron chi connectivity index (χ2n) is 1.47. The van der Waals surface area contributed by atoms with Crippen molar-refractivity contribution in [1.82, 2.24) is 5.32 Å². The van der Waals surface area contributed by atoms with E-state index in [2.05, 4.69) is 5.73 Å². The summed E-state index contributed by atoms with van der Waals surface area (Å²) in [6.07, 6.45) is 0. The van der Waals surface area contributed by atoms with Gasteiger partial charge in [0.2, 0.25) is 5.91 Å². The van der Waals surface area contributed by atoms with Gasteiger partial charge in [-0.15, -0.1) is 11.6 Å². The Kier molecular flexibility index (Phi) is 3.01. The smallest absolute Gasteiger partial charge is 0.318 e. The van der Waals surface area contributed by atoms with E-state index < -0.39 is 17.3 Å². The molecule has 0 aliphatic heterocycles. The molecule has 52 valence electrons. The van der Waals surface area contributed by atoms with Crippen LogP contribution in [-0.4, -0.2) is 17.3 Å². The van der Waals surface area contributed by atoms with Gasteiger partial charge in [-0.2, -0.15) is 0 Å². The molecule has 0 fully saturated rings. The van der Waals surface area contributed by atoms with Gasteiger partial charge in [0.1, 0.15) is 5.38 Å². The summed E-state index contributed by atoms with van der Waals surface area (Å²) in [6, 6.07) is -0.882. The zero-order chi connectivity index (χ0) is 7.44. The number of carbonyl (C=O) groups excluding carboxylic acids is 2. The van der Waals surface area contributed by atoms with Crippen molar-refractivity contribution in [2.45, 2.75) is 12.3 Å². The van der Waals surface area contributed by atoms with E-state index >= 15 is 0 Å². The maximum atomic E-state index is 10.4. The SMILES string of the molecule is C[C@H](Cl)C(=O)NC(N)=O. The van der Waals surface area contributed by atoms with Crippen molar-refractivity contribution in [3.8, 4) is 0 Å². The lowest BCUT2D eigenvalue weighted by atomic mass is 10.4. The number of primary amides is 1. The first-order valence-corrected chi connectivity index (χ1v) is 2.72. The Hall–Kier alpha value is -0.770. The molecule has 0 aliphatic carbocycles. The molecule has 1 atom stereocenters. The minimum Gasteiger partial charge on any atom is -0.351 e. The van der Waals surface area contributed by atoms with Crippen molar-refractivity contribution in [1.29, 1.82) is 0 Å². The molecule has 3 amide bonds.